The van der Waals surface area contributed by atoms with Crippen LogP contribution in [-0.2, 0) is 0 Å². The standard InChI is InChI=1S/C12H7BrN4OS/c13-8-3-4-9(11-7(8)2-1-5-14-11)16-12(18)10-6-15-19-17-10/h1-6H,(H,16,18). The van der Waals surface area contributed by atoms with Crippen LogP contribution < -0.4 is 5.32 Å². The van der Waals surface area contributed by atoms with Gasteiger partial charge in [-0.15, -0.1) is 0 Å². The van der Waals surface area contributed by atoms with Crippen molar-refractivity contribution in [1.82, 2.24) is 13.7 Å². The summed E-state index contributed by atoms with van der Waals surface area (Å²) in [5.41, 5.74) is 1.68. The van der Waals surface area contributed by atoms with E-state index in [9.17, 15) is 4.79 Å². The van der Waals surface area contributed by atoms with E-state index < -0.39 is 0 Å². The molecule has 0 aliphatic carbocycles. The summed E-state index contributed by atoms with van der Waals surface area (Å²) in [4.78, 5) is 16.3. The molecule has 5 nitrogen and oxygen atoms in total. The number of anilines is 1. The van der Waals surface area contributed by atoms with E-state index in [0.29, 0.717) is 11.4 Å². The van der Waals surface area contributed by atoms with E-state index in [2.05, 4.69) is 35.0 Å². The van der Waals surface area contributed by atoms with E-state index in [1.165, 1.54) is 6.20 Å². The predicted octanol–water partition coefficient (Wildman–Crippen LogP) is 3.10. The number of pyridine rings is 1. The number of halogens is 1. The fourth-order valence-corrected chi connectivity index (χ4v) is 2.55. The van der Waals surface area contributed by atoms with Crippen LogP contribution in [0.1, 0.15) is 10.5 Å². The molecule has 0 saturated carbocycles. The van der Waals surface area contributed by atoms with Crippen LogP contribution in [0, 0.1) is 0 Å². The number of hydrogen-bond acceptors (Lipinski definition) is 5. The van der Waals surface area contributed by atoms with Gasteiger partial charge in [0.15, 0.2) is 5.69 Å². The number of carbonyl (C=O) groups excluding carboxylic acids is 1. The number of hydrogen-bond donors (Lipinski definition) is 1. The van der Waals surface area contributed by atoms with Gasteiger partial charge in [0.1, 0.15) is 0 Å². The lowest BCUT2D eigenvalue weighted by atomic mass is 10.2. The zero-order chi connectivity index (χ0) is 13.2. The van der Waals surface area contributed by atoms with Crippen molar-refractivity contribution in [3.8, 4) is 0 Å². The van der Waals surface area contributed by atoms with Gasteiger partial charge in [-0.25, -0.2) is 0 Å². The van der Waals surface area contributed by atoms with Crippen molar-refractivity contribution in [3.05, 3.63) is 46.8 Å². The Bertz CT molecular complexity index is 745. The zero-order valence-electron chi connectivity index (χ0n) is 9.50. The molecular weight excluding hydrogens is 328 g/mol. The van der Waals surface area contributed by atoms with Crippen LogP contribution in [0.25, 0.3) is 10.9 Å². The van der Waals surface area contributed by atoms with E-state index in [1.54, 1.807) is 12.3 Å². The maximum atomic E-state index is 12.0. The highest BCUT2D eigenvalue weighted by atomic mass is 79.9. The summed E-state index contributed by atoms with van der Waals surface area (Å²) in [6.07, 6.45) is 3.13. The van der Waals surface area contributed by atoms with Crippen LogP contribution in [0.4, 0.5) is 5.69 Å². The quantitative estimate of drug-likeness (QED) is 0.781. The smallest absolute Gasteiger partial charge is 0.277 e. The maximum Gasteiger partial charge on any atom is 0.277 e. The lowest BCUT2D eigenvalue weighted by Gasteiger charge is -2.07. The predicted molar refractivity (Wildman–Crippen MR) is 77.3 cm³/mol. The molecule has 0 unspecified atom stereocenters. The second kappa shape index (κ2) is 5.02. The molecule has 0 bridgehead atoms. The molecule has 3 aromatic rings. The van der Waals surface area contributed by atoms with Crippen LogP contribution in [0.5, 0.6) is 0 Å². The third-order valence-electron chi connectivity index (χ3n) is 2.56. The third kappa shape index (κ3) is 2.34. The van der Waals surface area contributed by atoms with Crippen LogP contribution in [0.3, 0.4) is 0 Å². The van der Waals surface area contributed by atoms with Crippen LogP contribution in [0.2, 0.25) is 0 Å². The maximum absolute atomic E-state index is 12.0. The van der Waals surface area contributed by atoms with Crippen molar-refractivity contribution in [1.29, 1.82) is 0 Å². The fraction of sp³-hybridized carbons (Fsp3) is 0. The highest BCUT2D eigenvalue weighted by Gasteiger charge is 2.12. The molecule has 0 fully saturated rings. The number of nitrogens with one attached hydrogen (secondary N) is 1. The molecule has 0 aliphatic rings. The lowest BCUT2D eigenvalue weighted by molar-refractivity contribution is 0.102. The Morgan fingerprint density at radius 3 is 3.00 bits per heavy atom. The summed E-state index contributed by atoms with van der Waals surface area (Å²) >= 11 is 4.46. The molecule has 19 heavy (non-hydrogen) atoms. The van der Waals surface area contributed by atoms with Gasteiger partial charge < -0.3 is 5.32 Å². The number of aromatic nitrogens is 3. The normalized spacial score (nSPS) is 10.6. The number of rotatable bonds is 2. The first-order chi connectivity index (χ1) is 9.25. The second-order valence-corrected chi connectivity index (χ2v) is 5.15. The number of benzene rings is 1. The molecule has 2 heterocycles. The minimum Gasteiger partial charge on any atom is -0.319 e. The minimum atomic E-state index is -0.289. The van der Waals surface area contributed by atoms with Gasteiger partial charge in [0.05, 0.1) is 29.1 Å². The van der Waals surface area contributed by atoms with Gasteiger partial charge in [0, 0.05) is 16.1 Å². The first kappa shape index (κ1) is 12.2. The Labute approximate surface area is 121 Å². The molecular formula is C12H7BrN4OS. The molecule has 2 aromatic heterocycles. The summed E-state index contributed by atoms with van der Waals surface area (Å²) < 4.78 is 8.64. The largest absolute Gasteiger partial charge is 0.319 e. The van der Waals surface area contributed by atoms with Crippen LogP contribution in [0.15, 0.2) is 41.1 Å². The molecule has 0 saturated heterocycles. The molecule has 1 amide bonds. The molecule has 1 aromatic carbocycles. The van der Waals surface area contributed by atoms with Gasteiger partial charge in [0.25, 0.3) is 5.91 Å². The van der Waals surface area contributed by atoms with E-state index in [-0.39, 0.29) is 5.91 Å². The van der Waals surface area contributed by atoms with Gasteiger partial charge in [-0.1, -0.05) is 22.0 Å². The van der Waals surface area contributed by atoms with Crippen LogP contribution >= 0.6 is 27.7 Å². The van der Waals surface area contributed by atoms with E-state index in [1.807, 2.05) is 18.2 Å². The number of fused-ring (bicyclic) bond motifs is 1. The summed E-state index contributed by atoms with van der Waals surface area (Å²) in [5, 5.41) is 3.74. The van der Waals surface area contributed by atoms with Crippen molar-refractivity contribution in [2.45, 2.75) is 0 Å². The van der Waals surface area contributed by atoms with Gasteiger partial charge in [-0.3, -0.25) is 9.78 Å². The molecule has 1 N–H and O–H groups in total. The molecule has 0 aliphatic heterocycles. The molecule has 0 spiro atoms. The number of amides is 1. The van der Waals surface area contributed by atoms with Crippen LogP contribution in [-0.4, -0.2) is 19.6 Å². The Hall–Kier alpha value is -1.86. The van der Waals surface area contributed by atoms with Crippen molar-refractivity contribution in [2.24, 2.45) is 0 Å². The molecule has 7 heteroatoms. The van der Waals surface area contributed by atoms with Gasteiger partial charge in [0.2, 0.25) is 0 Å². The van der Waals surface area contributed by atoms with Crippen molar-refractivity contribution < 1.29 is 4.79 Å². The monoisotopic (exact) mass is 334 g/mol. The highest BCUT2D eigenvalue weighted by molar-refractivity contribution is 9.10. The molecule has 94 valence electrons. The molecule has 0 atom stereocenters. The Balaban J connectivity index is 2.02. The van der Waals surface area contributed by atoms with E-state index >= 15 is 0 Å². The zero-order valence-corrected chi connectivity index (χ0v) is 11.9. The van der Waals surface area contributed by atoms with E-state index in [4.69, 9.17) is 0 Å². The van der Waals surface area contributed by atoms with Gasteiger partial charge >= 0.3 is 0 Å². The summed E-state index contributed by atoms with van der Waals surface area (Å²) in [7, 11) is 0. The Morgan fingerprint density at radius 1 is 1.32 bits per heavy atom. The summed E-state index contributed by atoms with van der Waals surface area (Å²) in [5.74, 6) is -0.289. The average molecular weight is 335 g/mol. The van der Waals surface area contributed by atoms with E-state index in [0.717, 1.165) is 27.1 Å². The molecule has 3 rings (SSSR count). The van der Waals surface area contributed by atoms with Gasteiger partial charge in [-0.2, -0.15) is 8.75 Å². The topological polar surface area (TPSA) is 67.8 Å². The second-order valence-electron chi connectivity index (χ2n) is 3.74. The Kier molecular flexibility index (Phi) is 3.22. The van der Waals surface area contributed by atoms with Crippen molar-refractivity contribution in [3.63, 3.8) is 0 Å². The van der Waals surface area contributed by atoms with Crippen molar-refractivity contribution >= 4 is 50.2 Å². The SMILES string of the molecule is O=C(Nc1ccc(Br)c2cccnc12)c1cnsn1. The fourth-order valence-electron chi connectivity index (χ4n) is 1.69. The Morgan fingerprint density at radius 2 is 2.21 bits per heavy atom. The third-order valence-corrected chi connectivity index (χ3v) is 3.73. The lowest BCUT2D eigenvalue weighted by Crippen LogP contribution is -2.12. The average Bonchev–Trinajstić information content (AvgIpc) is 2.96. The molecule has 0 radical (unpaired) electrons. The number of nitrogens with zero attached hydrogens (tertiary/aromatic N) is 3. The first-order valence-corrected chi connectivity index (χ1v) is 6.90. The van der Waals surface area contributed by atoms with Gasteiger partial charge in [-0.05, 0) is 18.2 Å². The first-order valence-electron chi connectivity index (χ1n) is 5.38. The highest BCUT2D eigenvalue weighted by Crippen LogP contribution is 2.28. The summed E-state index contributed by atoms with van der Waals surface area (Å²) in [6, 6.07) is 7.46. The van der Waals surface area contributed by atoms with Crippen molar-refractivity contribution in [2.75, 3.05) is 5.32 Å². The summed E-state index contributed by atoms with van der Waals surface area (Å²) in [6.45, 7) is 0. The number of carbonyl (C=O) groups is 1. The minimum absolute atomic E-state index is 0.289.